The van der Waals surface area contributed by atoms with Crippen LogP contribution < -0.4 is 0 Å². The normalized spacial score (nSPS) is 12.7. The van der Waals surface area contributed by atoms with Gasteiger partial charge in [-0.05, 0) is 44.9 Å². The Morgan fingerprint density at radius 1 is 0.769 bits per heavy atom. The number of methoxy groups -OCH3 is 1. The summed E-state index contributed by atoms with van der Waals surface area (Å²) in [5.41, 5.74) is 0. The van der Waals surface area contributed by atoms with Crippen LogP contribution in [-0.4, -0.2) is 18.9 Å². The second kappa shape index (κ2) is 18.4. The lowest BCUT2D eigenvalue weighted by atomic mass is 9.93. The number of allylic oxidation sites excluding steroid dienone is 4. The molecule has 0 aliphatic carbocycles. The zero-order valence-electron chi connectivity index (χ0n) is 17.3. The smallest absolute Gasteiger partial charge is 0.316 e. The Morgan fingerprint density at radius 2 is 1.27 bits per heavy atom. The second-order valence-electron chi connectivity index (χ2n) is 6.95. The number of Topliss-reactive ketones (excluding diaryl/α,β-unsaturated/α-hetero) is 1. The molecule has 0 radical (unpaired) electrons. The van der Waals surface area contributed by atoms with Crippen LogP contribution in [0.25, 0.3) is 0 Å². The molecule has 0 saturated carbocycles. The molecule has 1 atom stereocenters. The molecular weight excluding hydrogens is 324 g/mol. The number of carbonyl (C=O) groups is 2. The zero-order chi connectivity index (χ0) is 19.5. The van der Waals surface area contributed by atoms with Crippen LogP contribution in [0.1, 0.15) is 97.3 Å². The third-order valence-corrected chi connectivity index (χ3v) is 4.56. The number of unbranched alkanes of at least 4 members (excludes halogenated alkanes) is 7. The molecule has 0 aromatic carbocycles. The number of rotatable bonds is 17. The van der Waals surface area contributed by atoms with Crippen molar-refractivity contribution < 1.29 is 14.3 Å². The van der Waals surface area contributed by atoms with Crippen LogP contribution >= 0.6 is 0 Å². The lowest BCUT2D eigenvalue weighted by Gasteiger charge is -2.13. The molecule has 26 heavy (non-hydrogen) atoms. The molecule has 0 aromatic rings. The summed E-state index contributed by atoms with van der Waals surface area (Å²) in [4.78, 5) is 24.3. The van der Waals surface area contributed by atoms with Gasteiger partial charge in [0.1, 0.15) is 11.7 Å². The lowest BCUT2D eigenvalue weighted by Crippen LogP contribution is -2.25. The molecule has 3 nitrogen and oxygen atoms in total. The topological polar surface area (TPSA) is 43.4 Å². The molecule has 0 aliphatic heterocycles. The lowest BCUT2D eigenvalue weighted by molar-refractivity contribution is -0.149. The third kappa shape index (κ3) is 13.9. The molecule has 0 aromatic heterocycles. The molecule has 0 fully saturated rings. The Hall–Kier alpha value is -1.38. The van der Waals surface area contributed by atoms with E-state index >= 15 is 0 Å². The van der Waals surface area contributed by atoms with Crippen LogP contribution in [0.4, 0.5) is 0 Å². The van der Waals surface area contributed by atoms with Crippen molar-refractivity contribution in [1.29, 1.82) is 0 Å². The summed E-state index contributed by atoms with van der Waals surface area (Å²) in [6.07, 6.45) is 21.7. The zero-order valence-corrected chi connectivity index (χ0v) is 17.3. The Balaban J connectivity index is 4.06. The van der Waals surface area contributed by atoms with Gasteiger partial charge in [-0.2, -0.15) is 0 Å². The van der Waals surface area contributed by atoms with Crippen LogP contribution in [0.3, 0.4) is 0 Å². The number of ether oxygens (including phenoxy) is 1. The minimum absolute atomic E-state index is 0.0392. The van der Waals surface area contributed by atoms with E-state index in [4.69, 9.17) is 4.74 Å². The van der Waals surface area contributed by atoms with Crippen LogP contribution in [0.2, 0.25) is 0 Å². The Kier molecular flexibility index (Phi) is 17.4. The molecule has 1 unspecified atom stereocenters. The minimum Gasteiger partial charge on any atom is -0.468 e. The molecular formula is C23H40O3. The van der Waals surface area contributed by atoms with Crippen LogP contribution in [-0.2, 0) is 14.3 Å². The highest BCUT2D eigenvalue weighted by Crippen LogP contribution is 2.17. The first-order chi connectivity index (χ1) is 12.7. The van der Waals surface area contributed by atoms with Crippen molar-refractivity contribution in [2.75, 3.05) is 7.11 Å². The van der Waals surface area contributed by atoms with Crippen LogP contribution in [0.5, 0.6) is 0 Å². The fourth-order valence-electron chi connectivity index (χ4n) is 2.85. The van der Waals surface area contributed by atoms with E-state index in [1.807, 2.05) is 0 Å². The van der Waals surface area contributed by atoms with Gasteiger partial charge in [0.05, 0.1) is 7.11 Å². The van der Waals surface area contributed by atoms with E-state index in [0.29, 0.717) is 12.8 Å². The molecule has 0 bridgehead atoms. The maximum atomic E-state index is 12.4. The minimum atomic E-state index is -0.576. The highest BCUT2D eigenvalue weighted by molar-refractivity contribution is 5.98. The van der Waals surface area contributed by atoms with Crippen molar-refractivity contribution in [2.24, 2.45) is 5.92 Å². The SMILES string of the molecule is CCCC/C=C\CCCCC(C(=O)CCC/C=C\CCCC)C(=O)OC. The molecule has 0 N–H and O–H groups in total. The first-order valence-electron chi connectivity index (χ1n) is 10.6. The van der Waals surface area contributed by atoms with Gasteiger partial charge in [-0.25, -0.2) is 0 Å². The van der Waals surface area contributed by atoms with Gasteiger partial charge >= 0.3 is 5.97 Å². The van der Waals surface area contributed by atoms with E-state index in [1.165, 1.54) is 32.8 Å². The Labute approximate surface area is 161 Å². The Bertz CT molecular complexity index is 410. The fourth-order valence-corrected chi connectivity index (χ4v) is 2.85. The summed E-state index contributed by atoms with van der Waals surface area (Å²) in [5, 5.41) is 0. The van der Waals surface area contributed by atoms with E-state index in [1.54, 1.807) is 0 Å². The quantitative estimate of drug-likeness (QED) is 0.127. The molecule has 3 heteroatoms. The van der Waals surface area contributed by atoms with Gasteiger partial charge in [0, 0.05) is 6.42 Å². The van der Waals surface area contributed by atoms with Crippen molar-refractivity contribution in [2.45, 2.75) is 97.3 Å². The predicted molar refractivity (Wildman–Crippen MR) is 110 cm³/mol. The van der Waals surface area contributed by atoms with Gasteiger partial charge in [0.25, 0.3) is 0 Å². The summed E-state index contributed by atoms with van der Waals surface area (Å²) in [7, 11) is 1.37. The van der Waals surface area contributed by atoms with Gasteiger partial charge < -0.3 is 4.74 Å². The second-order valence-corrected chi connectivity index (χ2v) is 6.95. The summed E-state index contributed by atoms with van der Waals surface area (Å²) in [6.45, 7) is 4.38. The third-order valence-electron chi connectivity index (χ3n) is 4.56. The molecule has 0 amide bonds. The molecule has 0 aliphatic rings. The summed E-state index contributed by atoms with van der Waals surface area (Å²) in [5.74, 6) is -0.905. The summed E-state index contributed by atoms with van der Waals surface area (Å²) < 4.78 is 4.84. The van der Waals surface area contributed by atoms with E-state index in [2.05, 4.69) is 38.2 Å². The number of ketones is 1. The van der Waals surface area contributed by atoms with Gasteiger partial charge in [0.2, 0.25) is 0 Å². The van der Waals surface area contributed by atoms with Crippen molar-refractivity contribution in [1.82, 2.24) is 0 Å². The average molecular weight is 365 g/mol. The Morgan fingerprint density at radius 3 is 1.77 bits per heavy atom. The van der Waals surface area contributed by atoms with E-state index in [0.717, 1.165) is 44.9 Å². The monoisotopic (exact) mass is 364 g/mol. The maximum Gasteiger partial charge on any atom is 0.316 e. The summed E-state index contributed by atoms with van der Waals surface area (Å²) >= 11 is 0. The first kappa shape index (κ1) is 24.6. The molecule has 0 spiro atoms. The van der Waals surface area contributed by atoms with Crippen molar-refractivity contribution in [3.05, 3.63) is 24.3 Å². The van der Waals surface area contributed by atoms with Crippen molar-refractivity contribution >= 4 is 11.8 Å². The predicted octanol–water partition coefficient (Wildman–Crippen LogP) is 6.57. The standard InChI is InChI=1S/C23H40O3/c1-4-6-8-10-12-14-15-17-19-21(23(25)26-3)22(24)20-18-16-13-11-9-7-5-2/h10-13,21H,4-9,14-20H2,1-3H3/b12-10-,13-11-. The van der Waals surface area contributed by atoms with Gasteiger partial charge in [-0.1, -0.05) is 70.3 Å². The largest absolute Gasteiger partial charge is 0.468 e. The van der Waals surface area contributed by atoms with Gasteiger partial charge in [-0.3, -0.25) is 9.59 Å². The maximum absolute atomic E-state index is 12.4. The number of carbonyl (C=O) groups excluding carboxylic acids is 2. The fraction of sp³-hybridized carbons (Fsp3) is 0.739. The summed E-state index contributed by atoms with van der Waals surface area (Å²) in [6, 6.07) is 0. The number of esters is 1. The van der Waals surface area contributed by atoms with Crippen LogP contribution in [0.15, 0.2) is 24.3 Å². The van der Waals surface area contributed by atoms with Crippen molar-refractivity contribution in [3.63, 3.8) is 0 Å². The van der Waals surface area contributed by atoms with E-state index in [9.17, 15) is 9.59 Å². The molecule has 0 heterocycles. The highest BCUT2D eigenvalue weighted by Gasteiger charge is 2.25. The first-order valence-corrected chi connectivity index (χ1v) is 10.6. The molecule has 150 valence electrons. The molecule has 0 rings (SSSR count). The average Bonchev–Trinajstić information content (AvgIpc) is 2.65. The number of hydrogen-bond donors (Lipinski definition) is 0. The highest BCUT2D eigenvalue weighted by atomic mass is 16.5. The van der Waals surface area contributed by atoms with E-state index in [-0.39, 0.29) is 11.8 Å². The van der Waals surface area contributed by atoms with Crippen molar-refractivity contribution in [3.8, 4) is 0 Å². The molecule has 0 saturated heterocycles. The van der Waals surface area contributed by atoms with Gasteiger partial charge in [0.15, 0.2) is 0 Å². The van der Waals surface area contributed by atoms with E-state index < -0.39 is 5.92 Å². The van der Waals surface area contributed by atoms with Gasteiger partial charge in [-0.15, -0.1) is 0 Å². The van der Waals surface area contributed by atoms with Crippen LogP contribution in [0, 0.1) is 5.92 Å². The number of hydrogen-bond acceptors (Lipinski definition) is 3.